The van der Waals surface area contributed by atoms with Gasteiger partial charge in [0.25, 0.3) is 5.91 Å². The van der Waals surface area contributed by atoms with Crippen LogP contribution in [0.3, 0.4) is 0 Å². The van der Waals surface area contributed by atoms with E-state index in [-0.39, 0.29) is 12.4 Å². The van der Waals surface area contributed by atoms with Crippen molar-refractivity contribution in [1.29, 1.82) is 0 Å². The Morgan fingerprint density at radius 2 is 1.85 bits per heavy atom. The van der Waals surface area contributed by atoms with E-state index in [1.54, 1.807) is 32.0 Å². The molecular weight excluding hydrogens is 368 g/mol. The zero-order valence-electron chi connectivity index (χ0n) is 15.9. The Bertz CT molecular complexity index is 770. The summed E-state index contributed by atoms with van der Waals surface area (Å²) >= 11 is 0. The molecule has 1 amide bonds. The number of amides is 1. The standard InChI is InChI=1S/C19H28N2O5S/c1-3-13-27(24,25)21-16-10-8-9-15(14-16)17(22)20-19(18(23)26-4-2)11-6-5-7-12-19/h8-10,14,21H,3-7,11-13H2,1-2H3,(H,20,22). The van der Waals surface area contributed by atoms with E-state index in [0.29, 0.717) is 30.5 Å². The first kappa shape index (κ1) is 21.2. The minimum absolute atomic E-state index is 0.00932. The van der Waals surface area contributed by atoms with Crippen molar-refractivity contribution < 1.29 is 22.7 Å². The molecule has 0 radical (unpaired) electrons. The minimum atomic E-state index is -3.44. The van der Waals surface area contributed by atoms with Crippen molar-refractivity contribution in [2.45, 2.75) is 57.9 Å². The molecule has 0 saturated heterocycles. The molecular formula is C19H28N2O5S. The largest absolute Gasteiger partial charge is 0.464 e. The van der Waals surface area contributed by atoms with Crippen LogP contribution in [-0.4, -0.2) is 38.2 Å². The quantitative estimate of drug-likeness (QED) is 0.658. The molecule has 2 N–H and O–H groups in total. The van der Waals surface area contributed by atoms with Gasteiger partial charge in [-0.2, -0.15) is 0 Å². The normalized spacial score (nSPS) is 16.4. The lowest BCUT2D eigenvalue weighted by molar-refractivity contribution is -0.152. The van der Waals surface area contributed by atoms with Gasteiger partial charge in [-0.15, -0.1) is 0 Å². The molecule has 1 aliphatic carbocycles. The van der Waals surface area contributed by atoms with E-state index in [2.05, 4.69) is 10.0 Å². The van der Waals surface area contributed by atoms with Crippen LogP contribution in [0.5, 0.6) is 0 Å². The first-order valence-corrected chi connectivity index (χ1v) is 11.1. The fourth-order valence-corrected chi connectivity index (χ4v) is 4.44. The molecule has 2 rings (SSSR count). The topological polar surface area (TPSA) is 102 Å². The SMILES string of the molecule is CCCS(=O)(=O)Nc1cccc(C(=O)NC2(C(=O)OCC)CCCCC2)c1. The summed E-state index contributed by atoms with van der Waals surface area (Å²) in [5, 5.41) is 2.86. The average Bonchev–Trinajstić information content (AvgIpc) is 2.62. The lowest BCUT2D eigenvalue weighted by Crippen LogP contribution is -2.56. The number of carbonyl (C=O) groups is 2. The molecule has 1 aromatic carbocycles. The van der Waals surface area contributed by atoms with Crippen molar-refractivity contribution in [1.82, 2.24) is 5.32 Å². The molecule has 1 saturated carbocycles. The molecule has 0 bridgehead atoms. The number of hydrogen-bond acceptors (Lipinski definition) is 5. The number of sulfonamides is 1. The number of benzene rings is 1. The van der Waals surface area contributed by atoms with E-state index in [9.17, 15) is 18.0 Å². The fourth-order valence-electron chi connectivity index (χ4n) is 3.32. The molecule has 1 aromatic rings. The first-order valence-electron chi connectivity index (χ1n) is 9.42. The van der Waals surface area contributed by atoms with E-state index in [4.69, 9.17) is 4.74 Å². The monoisotopic (exact) mass is 396 g/mol. The molecule has 1 fully saturated rings. The maximum absolute atomic E-state index is 12.8. The highest BCUT2D eigenvalue weighted by atomic mass is 32.2. The summed E-state index contributed by atoms with van der Waals surface area (Å²) in [7, 11) is -3.44. The van der Waals surface area contributed by atoms with Gasteiger partial charge in [-0.05, 0) is 44.4 Å². The zero-order chi connectivity index (χ0) is 19.9. The molecule has 8 heteroatoms. The van der Waals surface area contributed by atoms with Crippen molar-refractivity contribution in [2.24, 2.45) is 0 Å². The number of esters is 1. The number of hydrogen-bond donors (Lipinski definition) is 2. The molecule has 27 heavy (non-hydrogen) atoms. The number of carbonyl (C=O) groups excluding carboxylic acids is 2. The number of rotatable bonds is 8. The van der Waals surface area contributed by atoms with Crippen LogP contribution in [0, 0.1) is 0 Å². The lowest BCUT2D eigenvalue weighted by atomic mass is 9.81. The van der Waals surface area contributed by atoms with E-state index in [1.165, 1.54) is 6.07 Å². The Hall–Kier alpha value is -2.09. The van der Waals surface area contributed by atoms with Gasteiger partial charge in [-0.1, -0.05) is 32.3 Å². The van der Waals surface area contributed by atoms with Crippen LogP contribution in [0.15, 0.2) is 24.3 Å². The molecule has 0 heterocycles. The summed E-state index contributed by atoms with van der Waals surface area (Å²) in [6.07, 6.45) is 4.29. The molecule has 0 unspecified atom stereocenters. The average molecular weight is 397 g/mol. The van der Waals surface area contributed by atoms with Gasteiger partial charge in [-0.3, -0.25) is 9.52 Å². The van der Waals surface area contributed by atoms with Crippen LogP contribution >= 0.6 is 0 Å². The van der Waals surface area contributed by atoms with Crippen molar-refractivity contribution in [3.05, 3.63) is 29.8 Å². The highest BCUT2D eigenvalue weighted by Crippen LogP contribution is 2.30. The Morgan fingerprint density at radius 1 is 1.15 bits per heavy atom. The summed E-state index contributed by atoms with van der Waals surface area (Å²) in [5.74, 6) is -0.811. The highest BCUT2D eigenvalue weighted by molar-refractivity contribution is 7.92. The van der Waals surface area contributed by atoms with Crippen LogP contribution in [0.25, 0.3) is 0 Å². The summed E-state index contributed by atoms with van der Waals surface area (Å²) in [6, 6.07) is 6.27. The smallest absolute Gasteiger partial charge is 0.331 e. The maximum Gasteiger partial charge on any atom is 0.331 e. The number of anilines is 1. The van der Waals surface area contributed by atoms with Gasteiger partial charge in [0.2, 0.25) is 10.0 Å². The minimum Gasteiger partial charge on any atom is -0.464 e. The van der Waals surface area contributed by atoms with E-state index in [0.717, 1.165) is 19.3 Å². The predicted octanol–water partition coefficient (Wildman–Crippen LogP) is 2.83. The van der Waals surface area contributed by atoms with Crippen LogP contribution in [0.1, 0.15) is 62.7 Å². The second kappa shape index (κ2) is 9.21. The Balaban J connectivity index is 2.18. The third-order valence-electron chi connectivity index (χ3n) is 4.60. The van der Waals surface area contributed by atoms with Gasteiger partial charge >= 0.3 is 5.97 Å². The fraction of sp³-hybridized carbons (Fsp3) is 0.579. The summed E-state index contributed by atoms with van der Waals surface area (Å²) in [5.41, 5.74) is -0.394. The summed E-state index contributed by atoms with van der Waals surface area (Å²) in [4.78, 5) is 25.3. The molecule has 0 atom stereocenters. The summed E-state index contributed by atoms with van der Waals surface area (Å²) < 4.78 is 31.5. The molecule has 150 valence electrons. The van der Waals surface area contributed by atoms with Crippen molar-refractivity contribution in [3.63, 3.8) is 0 Å². The Labute approximate surface area is 160 Å². The predicted molar refractivity (Wildman–Crippen MR) is 104 cm³/mol. The third kappa shape index (κ3) is 5.69. The van der Waals surface area contributed by atoms with Crippen molar-refractivity contribution in [2.75, 3.05) is 17.1 Å². The van der Waals surface area contributed by atoms with E-state index < -0.39 is 27.4 Å². The second-order valence-electron chi connectivity index (χ2n) is 6.82. The third-order valence-corrected chi connectivity index (χ3v) is 6.09. The first-order chi connectivity index (χ1) is 12.8. The number of nitrogens with one attached hydrogen (secondary N) is 2. The second-order valence-corrected chi connectivity index (χ2v) is 8.66. The van der Waals surface area contributed by atoms with Gasteiger partial charge in [0.15, 0.2) is 0 Å². The molecule has 0 aromatic heterocycles. The van der Waals surface area contributed by atoms with Crippen LogP contribution in [0.4, 0.5) is 5.69 Å². The van der Waals surface area contributed by atoms with Crippen molar-refractivity contribution >= 4 is 27.6 Å². The van der Waals surface area contributed by atoms with Gasteiger partial charge in [0.1, 0.15) is 5.54 Å². The molecule has 7 nitrogen and oxygen atoms in total. The molecule has 0 aliphatic heterocycles. The van der Waals surface area contributed by atoms with Crippen LogP contribution < -0.4 is 10.0 Å². The number of ether oxygens (including phenoxy) is 1. The van der Waals surface area contributed by atoms with Gasteiger partial charge < -0.3 is 10.1 Å². The van der Waals surface area contributed by atoms with Gasteiger partial charge in [0, 0.05) is 11.3 Å². The lowest BCUT2D eigenvalue weighted by Gasteiger charge is -2.35. The van der Waals surface area contributed by atoms with E-state index in [1.807, 2.05) is 0 Å². The zero-order valence-corrected chi connectivity index (χ0v) is 16.7. The van der Waals surface area contributed by atoms with Crippen LogP contribution in [0.2, 0.25) is 0 Å². The van der Waals surface area contributed by atoms with Gasteiger partial charge in [-0.25, -0.2) is 13.2 Å². The van der Waals surface area contributed by atoms with Gasteiger partial charge in [0.05, 0.1) is 12.4 Å². The molecule has 0 spiro atoms. The van der Waals surface area contributed by atoms with Crippen LogP contribution in [-0.2, 0) is 19.6 Å². The van der Waals surface area contributed by atoms with Crippen molar-refractivity contribution in [3.8, 4) is 0 Å². The highest BCUT2D eigenvalue weighted by Gasteiger charge is 2.42. The Morgan fingerprint density at radius 3 is 2.48 bits per heavy atom. The summed E-state index contributed by atoms with van der Waals surface area (Å²) in [6.45, 7) is 3.77. The molecule has 1 aliphatic rings. The maximum atomic E-state index is 12.8. The van der Waals surface area contributed by atoms with E-state index >= 15 is 0 Å². The Kier molecular flexibility index (Phi) is 7.24.